The number of amides is 1. The standard InChI is InChI=1S/C6H10N2O3.K/c1-3-2-6(3,5(10)11)4(9)8-7;/h3H,2,7H2,1H3,(H,8,9)(H,10,11);/q;+1/p-1/t3-,6-;/m0./s1. The minimum atomic E-state index is -1.35. The van der Waals surface area contributed by atoms with Gasteiger partial charge in [-0.3, -0.25) is 10.2 Å². The van der Waals surface area contributed by atoms with Crippen molar-refractivity contribution in [3.63, 3.8) is 0 Å². The van der Waals surface area contributed by atoms with Crippen LogP contribution in [0.1, 0.15) is 13.3 Å². The summed E-state index contributed by atoms with van der Waals surface area (Å²) in [5.41, 5.74) is 0.467. The van der Waals surface area contributed by atoms with Crippen LogP contribution in [0.2, 0.25) is 0 Å². The summed E-state index contributed by atoms with van der Waals surface area (Å²) in [5, 5.41) is 10.5. The second-order valence-corrected chi connectivity index (χ2v) is 2.84. The number of hydrazine groups is 1. The van der Waals surface area contributed by atoms with Gasteiger partial charge >= 0.3 is 51.4 Å². The Balaban J connectivity index is 0.00000121. The number of nitrogens with two attached hydrogens (primary N) is 1. The molecule has 1 aliphatic carbocycles. The topological polar surface area (TPSA) is 95.2 Å². The molecule has 0 heterocycles. The average Bonchev–Trinajstić information content (AvgIpc) is 2.61. The third-order valence-electron chi connectivity index (χ3n) is 2.21. The molecule has 0 spiro atoms. The van der Waals surface area contributed by atoms with Gasteiger partial charge in [-0.25, -0.2) is 5.84 Å². The molecule has 0 aliphatic heterocycles. The van der Waals surface area contributed by atoms with Gasteiger partial charge in [0.1, 0.15) is 0 Å². The van der Waals surface area contributed by atoms with E-state index in [-0.39, 0.29) is 57.3 Å². The van der Waals surface area contributed by atoms with Gasteiger partial charge in [0, 0.05) is 0 Å². The summed E-state index contributed by atoms with van der Waals surface area (Å²) < 4.78 is 0. The van der Waals surface area contributed by atoms with E-state index in [2.05, 4.69) is 0 Å². The van der Waals surface area contributed by atoms with Crippen molar-refractivity contribution in [1.29, 1.82) is 0 Å². The fourth-order valence-electron chi connectivity index (χ4n) is 1.25. The van der Waals surface area contributed by atoms with Gasteiger partial charge in [-0.2, -0.15) is 0 Å². The summed E-state index contributed by atoms with van der Waals surface area (Å²) in [6.45, 7) is 1.67. The van der Waals surface area contributed by atoms with Crippen molar-refractivity contribution in [2.24, 2.45) is 17.2 Å². The monoisotopic (exact) mass is 196 g/mol. The number of carbonyl (C=O) groups is 2. The molecule has 0 aromatic rings. The van der Waals surface area contributed by atoms with Gasteiger partial charge in [0.2, 0.25) is 5.91 Å². The van der Waals surface area contributed by atoms with Gasteiger partial charge in [0.25, 0.3) is 0 Å². The molecular formula is C6H9KN2O3. The van der Waals surface area contributed by atoms with Crippen LogP contribution >= 0.6 is 0 Å². The Bertz CT molecular complexity index is 221. The van der Waals surface area contributed by atoms with Crippen LogP contribution in [0.4, 0.5) is 0 Å². The third kappa shape index (κ3) is 1.73. The number of aliphatic carboxylic acids is 1. The van der Waals surface area contributed by atoms with Crippen LogP contribution in [0.3, 0.4) is 0 Å². The molecule has 0 bridgehead atoms. The summed E-state index contributed by atoms with van der Waals surface area (Å²) in [7, 11) is 0. The first kappa shape index (κ1) is 12.5. The van der Waals surface area contributed by atoms with E-state index in [9.17, 15) is 14.7 Å². The molecule has 1 saturated carbocycles. The van der Waals surface area contributed by atoms with Crippen molar-refractivity contribution in [2.45, 2.75) is 13.3 Å². The first-order valence-electron chi connectivity index (χ1n) is 3.28. The van der Waals surface area contributed by atoms with E-state index in [1.807, 2.05) is 5.43 Å². The Kier molecular flexibility index (Phi) is 4.35. The summed E-state index contributed by atoms with van der Waals surface area (Å²) >= 11 is 0. The van der Waals surface area contributed by atoms with Gasteiger partial charge in [0.15, 0.2) is 0 Å². The molecule has 3 N–H and O–H groups in total. The Labute approximate surface area is 112 Å². The van der Waals surface area contributed by atoms with Gasteiger partial charge < -0.3 is 9.90 Å². The smallest absolute Gasteiger partial charge is 0.549 e. The number of hydrogen-bond donors (Lipinski definition) is 2. The van der Waals surface area contributed by atoms with E-state index in [1.54, 1.807) is 6.92 Å². The van der Waals surface area contributed by atoms with Gasteiger partial charge in [-0.05, 0) is 12.3 Å². The maximum atomic E-state index is 10.9. The maximum absolute atomic E-state index is 10.9. The average molecular weight is 196 g/mol. The number of carboxylic acid groups (broad SMARTS) is 1. The van der Waals surface area contributed by atoms with E-state index in [0.29, 0.717) is 6.42 Å². The quantitative estimate of drug-likeness (QED) is 0.152. The number of nitrogens with one attached hydrogen (secondary N) is 1. The summed E-state index contributed by atoms with van der Waals surface area (Å²) in [5.74, 6) is 2.64. The first-order chi connectivity index (χ1) is 5.05. The van der Waals surface area contributed by atoms with E-state index < -0.39 is 17.3 Å². The molecule has 0 radical (unpaired) electrons. The largest absolute Gasteiger partial charge is 1.00 e. The van der Waals surface area contributed by atoms with Crippen molar-refractivity contribution in [3.05, 3.63) is 0 Å². The van der Waals surface area contributed by atoms with Crippen LogP contribution < -0.4 is 67.8 Å². The third-order valence-corrected chi connectivity index (χ3v) is 2.21. The Morgan fingerprint density at radius 1 is 1.67 bits per heavy atom. The molecule has 62 valence electrons. The zero-order chi connectivity index (χ0) is 8.65. The van der Waals surface area contributed by atoms with Crippen molar-refractivity contribution in [3.8, 4) is 0 Å². The van der Waals surface area contributed by atoms with Crippen molar-refractivity contribution in [1.82, 2.24) is 5.43 Å². The number of carboxylic acids is 1. The van der Waals surface area contributed by atoms with Crippen LogP contribution in [-0.4, -0.2) is 11.9 Å². The molecule has 2 atom stereocenters. The van der Waals surface area contributed by atoms with Crippen LogP contribution in [0.5, 0.6) is 0 Å². The van der Waals surface area contributed by atoms with Gasteiger partial charge in [0.05, 0.1) is 11.4 Å². The van der Waals surface area contributed by atoms with Gasteiger partial charge in [-0.1, -0.05) is 6.92 Å². The molecule has 0 saturated heterocycles. The number of hydrogen-bond acceptors (Lipinski definition) is 4. The number of rotatable bonds is 2. The molecule has 0 aromatic carbocycles. The second-order valence-electron chi connectivity index (χ2n) is 2.84. The molecule has 1 aliphatic rings. The second kappa shape index (κ2) is 4.16. The molecule has 1 rings (SSSR count). The minimum Gasteiger partial charge on any atom is -0.549 e. The Hall–Kier alpha value is 0.536. The fraction of sp³-hybridized carbons (Fsp3) is 0.667. The predicted octanol–water partition coefficient (Wildman–Crippen LogP) is -5.24. The minimum absolute atomic E-state index is 0. The Morgan fingerprint density at radius 3 is 2.17 bits per heavy atom. The Morgan fingerprint density at radius 2 is 2.08 bits per heavy atom. The first-order valence-corrected chi connectivity index (χ1v) is 3.28. The van der Waals surface area contributed by atoms with E-state index in [0.717, 1.165) is 0 Å². The molecular weight excluding hydrogens is 187 g/mol. The SMILES string of the molecule is C[C@H]1C[C@@]1(C(=O)[O-])C(=O)NN.[K+]. The van der Waals surface area contributed by atoms with E-state index >= 15 is 0 Å². The fourth-order valence-corrected chi connectivity index (χ4v) is 1.25. The normalized spacial score (nSPS) is 31.7. The van der Waals surface area contributed by atoms with Crippen molar-refractivity contribution >= 4 is 11.9 Å². The van der Waals surface area contributed by atoms with Crippen LogP contribution in [-0.2, 0) is 9.59 Å². The van der Waals surface area contributed by atoms with E-state index in [1.165, 1.54) is 0 Å². The van der Waals surface area contributed by atoms with E-state index in [4.69, 9.17) is 5.84 Å². The van der Waals surface area contributed by atoms with Crippen LogP contribution in [0, 0.1) is 11.3 Å². The summed E-state index contributed by atoms with van der Waals surface area (Å²) in [6.07, 6.45) is 0.318. The van der Waals surface area contributed by atoms with Gasteiger partial charge in [-0.15, -0.1) is 0 Å². The molecule has 5 nitrogen and oxygen atoms in total. The zero-order valence-corrected chi connectivity index (χ0v) is 10.2. The molecule has 12 heavy (non-hydrogen) atoms. The molecule has 0 aromatic heterocycles. The summed E-state index contributed by atoms with van der Waals surface area (Å²) in [4.78, 5) is 21.4. The molecule has 6 heteroatoms. The molecule has 1 fully saturated rings. The number of carbonyl (C=O) groups excluding carboxylic acids is 2. The van der Waals surface area contributed by atoms with Crippen molar-refractivity contribution in [2.75, 3.05) is 0 Å². The zero-order valence-electron chi connectivity index (χ0n) is 7.09. The van der Waals surface area contributed by atoms with Crippen molar-refractivity contribution < 1.29 is 66.1 Å². The molecule has 0 unspecified atom stereocenters. The van der Waals surface area contributed by atoms with Crippen LogP contribution in [0.25, 0.3) is 0 Å². The molecule has 1 amide bonds. The van der Waals surface area contributed by atoms with Crippen LogP contribution in [0.15, 0.2) is 0 Å². The summed E-state index contributed by atoms with van der Waals surface area (Å²) in [6, 6.07) is 0. The predicted molar refractivity (Wildman–Crippen MR) is 33.6 cm³/mol. The maximum Gasteiger partial charge on any atom is 1.00 e.